The predicted octanol–water partition coefficient (Wildman–Crippen LogP) is 2.57. The Morgan fingerprint density at radius 2 is 1.88 bits per heavy atom. The number of carbonyl (C=O) groups is 2. The summed E-state index contributed by atoms with van der Waals surface area (Å²) in [6, 6.07) is 8.78. The van der Waals surface area contributed by atoms with Crippen LogP contribution in [0.4, 0.5) is 5.69 Å². The molecular weight excluding hydrogens is 234 g/mol. The molecule has 1 amide bonds. The Kier molecular flexibility index (Phi) is 3.35. The van der Waals surface area contributed by atoms with Crippen LogP contribution in [0.1, 0.15) is 15.9 Å². The second-order valence-corrected chi connectivity index (χ2v) is 4.38. The van der Waals surface area contributed by atoms with Gasteiger partial charge in [-0.05, 0) is 35.7 Å². The number of thiophene rings is 1. The topological polar surface area (TPSA) is 37.4 Å². The summed E-state index contributed by atoms with van der Waals surface area (Å²) in [6.45, 7) is 0. The first-order chi connectivity index (χ1) is 8.22. The lowest BCUT2D eigenvalue weighted by Gasteiger charge is -2.10. The summed E-state index contributed by atoms with van der Waals surface area (Å²) >= 11 is 1.50. The fourth-order valence-electron chi connectivity index (χ4n) is 1.47. The smallest absolute Gasteiger partial charge is 0.213 e. The highest BCUT2D eigenvalue weighted by molar-refractivity contribution is 7.08. The van der Waals surface area contributed by atoms with E-state index in [1.807, 2.05) is 10.8 Å². The van der Waals surface area contributed by atoms with Crippen LogP contribution in [-0.2, 0) is 4.79 Å². The largest absolute Gasteiger partial charge is 0.318 e. The van der Waals surface area contributed by atoms with Crippen LogP contribution in [0.25, 0.3) is 0 Å². The molecule has 0 bridgehead atoms. The Labute approximate surface area is 103 Å². The van der Waals surface area contributed by atoms with Crippen molar-refractivity contribution in [2.45, 2.75) is 0 Å². The molecule has 0 spiro atoms. The molecule has 0 aliphatic rings. The van der Waals surface area contributed by atoms with E-state index in [0.29, 0.717) is 11.1 Å². The van der Waals surface area contributed by atoms with E-state index in [0.717, 1.165) is 12.1 Å². The van der Waals surface area contributed by atoms with Gasteiger partial charge in [0.2, 0.25) is 6.41 Å². The van der Waals surface area contributed by atoms with Gasteiger partial charge in [-0.25, -0.2) is 0 Å². The number of carbonyl (C=O) groups excluding carboxylic acids is 2. The minimum Gasteiger partial charge on any atom is -0.318 e. The number of hydrogen-bond donors (Lipinski definition) is 0. The quantitative estimate of drug-likeness (QED) is 0.613. The first kappa shape index (κ1) is 11.5. The van der Waals surface area contributed by atoms with E-state index in [1.165, 1.54) is 16.2 Å². The monoisotopic (exact) mass is 245 g/mol. The van der Waals surface area contributed by atoms with Gasteiger partial charge in [-0.1, -0.05) is 0 Å². The zero-order valence-corrected chi connectivity index (χ0v) is 10.1. The summed E-state index contributed by atoms with van der Waals surface area (Å²) in [6.07, 6.45) is 0.732. The van der Waals surface area contributed by atoms with E-state index in [-0.39, 0.29) is 5.78 Å². The maximum Gasteiger partial charge on any atom is 0.213 e. The molecule has 0 atom stereocenters. The number of amides is 1. The maximum atomic E-state index is 12.0. The second kappa shape index (κ2) is 4.93. The molecule has 0 saturated carbocycles. The highest BCUT2D eigenvalue weighted by Gasteiger charge is 2.09. The van der Waals surface area contributed by atoms with E-state index in [4.69, 9.17) is 0 Å². The fraction of sp³-hybridized carbons (Fsp3) is 0.0769. The maximum absolute atomic E-state index is 12.0. The Morgan fingerprint density at radius 3 is 2.41 bits per heavy atom. The van der Waals surface area contributed by atoms with Crippen LogP contribution in [0.3, 0.4) is 0 Å². The molecule has 0 radical (unpaired) electrons. The summed E-state index contributed by atoms with van der Waals surface area (Å²) in [5.41, 5.74) is 2.10. The molecule has 0 unspecified atom stereocenters. The molecule has 1 aromatic heterocycles. The lowest BCUT2D eigenvalue weighted by Crippen LogP contribution is -2.13. The van der Waals surface area contributed by atoms with E-state index in [9.17, 15) is 9.59 Å². The van der Waals surface area contributed by atoms with E-state index >= 15 is 0 Å². The normalized spacial score (nSPS) is 9.94. The van der Waals surface area contributed by atoms with Crippen molar-refractivity contribution in [3.63, 3.8) is 0 Å². The van der Waals surface area contributed by atoms with Crippen molar-refractivity contribution in [3.8, 4) is 0 Å². The second-order valence-electron chi connectivity index (χ2n) is 3.60. The summed E-state index contributed by atoms with van der Waals surface area (Å²) in [7, 11) is 1.67. The van der Waals surface area contributed by atoms with Crippen molar-refractivity contribution >= 4 is 29.2 Å². The molecule has 0 aliphatic heterocycles. The summed E-state index contributed by atoms with van der Waals surface area (Å²) in [5.74, 6) is 0.00607. The summed E-state index contributed by atoms with van der Waals surface area (Å²) < 4.78 is 0. The number of rotatable bonds is 4. The molecular formula is C13H11NO2S. The van der Waals surface area contributed by atoms with E-state index in [2.05, 4.69) is 0 Å². The van der Waals surface area contributed by atoms with Crippen molar-refractivity contribution in [1.29, 1.82) is 0 Å². The minimum absolute atomic E-state index is 0.00607. The predicted molar refractivity (Wildman–Crippen MR) is 68.7 cm³/mol. The third-order valence-electron chi connectivity index (χ3n) is 2.48. The number of ketones is 1. The van der Waals surface area contributed by atoms with Crippen molar-refractivity contribution in [2.24, 2.45) is 0 Å². The SMILES string of the molecule is CN(C=O)c1ccc(C(=O)c2ccsc2)cc1. The van der Waals surface area contributed by atoms with Crippen LogP contribution in [0.2, 0.25) is 0 Å². The Hall–Kier alpha value is -1.94. The lowest BCUT2D eigenvalue weighted by molar-refractivity contribution is -0.107. The Morgan fingerprint density at radius 1 is 1.18 bits per heavy atom. The first-order valence-corrected chi connectivity index (χ1v) is 6.02. The Bertz CT molecular complexity index is 517. The van der Waals surface area contributed by atoms with Crippen molar-refractivity contribution in [2.75, 3.05) is 11.9 Å². The highest BCUT2D eigenvalue weighted by atomic mass is 32.1. The molecule has 4 heteroatoms. The van der Waals surface area contributed by atoms with Gasteiger partial charge in [0.15, 0.2) is 5.78 Å². The van der Waals surface area contributed by atoms with Gasteiger partial charge < -0.3 is 4.90 Å². The van der Waals surface area contributed by atoms with Gasteiger partial charge in [-0.2, -0.15) is 11.3 Å². The van der Waals surface area contributed by atoms with Crippen LogP contribution in [0, 0.1) is 0 Å². The molecule has 0 fully saturated rings. The Balaban J connectivity index is 2.24. The van der Waals surface area contributed by atoms with Gasteiger partial charge in [0.05, 0.1) is 0 Å². The van der Waals surface area contributed by atoms with Crippen LogP contribution in [0.5, 0.6) is 0 Å². The van der Waals surface area contributed by atoms with Crippen LogP contribution < -0.4 is 4.90 Å². The molecule has 1 heterocycles. The average molecular weight is 245 g/mol. The average Bonchev–Trinajstić information content (AvgIpc) is 2.91. The first-order valence-electron chi connectivity index (χ1n) is 5.07. The standard InChI is InChI=1S/C13H11NO2S/c1-14(9-15)12-4-2-10(3-5-12)13(16)11-6-7-17-8-11/h2-9H,1H3. The minimum atomic E-state index is 0.00607. The van der Waals surface area contributed by atoms with Crippen LogP contribution in [0.15, 0.2) is 41.1 Å². The third-order valence-corrected chi connectivity index (χ3v) is 3.16. The van der Waals surface area contributed by atoms with Crippen molar-refractivity contribution < 1.29 is 9.59 Å². The van der Waals surface area contributed by atoms with Crippen molar-refractivity contribution in [1.82, 2.24) is 0 Å². The van der Waals surface area contributed by atoms with E-state index in [1.54, 1.807) is 37.4 Å². The molecule has 0 aliphatic carbocycles. The van der Waals surface area contributed by atoms with Gasteiger partial charge in [0.25, 0.3) is 0 Å². The lowest BCUT2D eigenvalue weighted by atomic mass is 10.1. The zero-order valence-electron chi connectivity index (χ0n) is 9.29. The molecule has 86 valence electrons. The summed E-state index contributed by atoms with van der Waals surface area (Å²) in [5, 5.41) is 3.70. The third kappa shape index (κ3) is 2.42. The van der Waals surface area contributed by atoms with Gasteiger partial charge >= 0.3 is 0 Å². The van der Waals surface area contributed by atoms with Crippen LogP contribution >= 0.6 is 11.3 Å². The number of nitrogens with zero attached hydrogens (tertiary/aromatic N) is 1. The molecule has 2 aromatic rings. The molecule has 3 nitrogen and oxygen atoms in total. The van der Waals surface area contributed by atoms with Gasteiger partial charge in [0.1, 0.15) is 0 Å². The molecule has 0 saturated heterocycles. The molecule has 17 heavy (non-hydrogen) atoms. The van der Waals surface area contributed by atoms with Crippen molar-refractivity contribution in [3.05, 3.63) is 52.2 Å². The zero-order chi connectivity index (χ0) is 12.3. The number of anilines is 1. The number of hydrogen-bond acceptors (Lipinski definition) is 3. The highest BCUT2D eigenvalue weighted by Crippen LogP contribution is 2.16. The molecule has 2 rings (SSSR count). The van der Waals surface area contributed by atoms with Crippen LogP contribution in [-0.4, -0.2) is 19.2 Å². The van der Waals surface area contributed by atoms with Gasteiger partial charge in [-0.15, -0.1) is 0 Å². The van der Waals surface area contributed by atoms with Gasteiger partial charge in [0, 0.05) is 29.2 Å². The molecule has 0 N–H and O–H groups in total. The van der Waals surface area contributed by atoms with Gasteiger partial charge in [-0.3, -0.25) is 9.59 Å². The fourth-order valence-corrected chi connectivity index (χ4v) is 2.11. The number of benzene rings is 1. The molecule has 1 aromatic carbocycles. The van der Waals surface area contributed by atoms with E-state index < -0.39 is 0 Å². The summed E-state index contributed by atoms with van der Waals surface area (Å²) in [4.78, 5) is 24.0.